The first kappa shape index (κ1) is 15.1. The van der Waals surface area contributed by atoms with Crippen LogP contribution in [0.25, 0.3) is 5.69 Å². The molecule has 0 radical (unpaired) electrons. The highest BCUT2D eigenvalue weighted by Gasteiger charge is 2.13. The minimum Gasteiger partial charge on any atom is -0.399 e. The number of anilines is 1. The van der Waals surface area contributed by atoms with E-state index in [9.17, 15) is 4.79 Å². The second kappa shape index (κ2) is 6.43. The topological polar surface area (TPSA) is 72.9 Å². The van der Waals surface area contributed by atoms with E-state index in [-0.39, 0.29) is 11.9 Å². The number of rotatable bonds is 5. The van der Waals surface area contributed by atoms with Crippen LogP contribution < -0.4 is 11.1 Å². The van der Waals surface area contributed by atoms with Gasteiger partial charge in [0.05, 0.1) is 5.69 Å². The van der Waals surface area contributed by atoms with E-state index in [1.807, 2.05) is 31.2 Å². The van der Waals surface area contributed by atoms with Gasteiger partial charge in [0.1, 0.15) is 0 Å². The summed E-state index contributed by atoms with van der Waals surface area (Å²) in [4.78, 5) is 12.1. The Morgan fingerprint density at radius 2 is 1.90 bits per heavy atom. The van der Waals surface area contributed by atoms with Crippen LogP contribution in [0.3, 0.4) is 0 Å². The molecule has 0 aliphatic carbocycles. The molecule has 1 unspecified atom stereocenters. The highest BCUT2D eigenvalue weighted by molar-refractivity contribution is 5.92. The summed E-state index contributed by atoms with van der Waals surface area (Å²) in [5.74, 6) is 0.407. The van der Waals surface area contributed by atoms with E-state index in [2.05, 4.69) is 24.3 Å². The highest BCUT2D eigenvalue weighted by atomic mass is 16.2. The van der Waals surface area contributed by atoms with E-state index in [4.69, 9.17) is 5.73 Å². The largest absolute Gasteiger partial charge is 0.399 e. The number of nitrogen functional groups attached to an aromatic ring is 1. The van der Waals surface area contributed by atoms with Gasteiger partial charge in [0.15, 0.2) is 5.69 Å². The molecule has 1 aromatic carbocycles. The quantitative estimate of drug-likeness (QED) is 0.830. The minimum atomic E-state index is -0.141. The molecule has 0 aliphatic heterocycles. The lowest BCUT2D eigenvalue weighted by Crippen LogP contribution is -2.33. The van der Waals surface area contributed by atoms with Crippen molar-refractivity contribution in [2.45, 2.75) is 33.2 Å². The van der Waals surface area contributed by atoms with Crippen molar-refractivity contribution >= 4 is 11.6 Å². The third-order valence-electron chi connectivity index (χ3n) is 3.18. The summed E-state index contributed by atoms with van der Waals surface area (Å²) in [6.07, 6.45) is 2.72. The Hall–Kier alpha value is -2.30. The lowest BCUT2D eigenvalue weighted by molar-refractivity contribution is 0.0930. The number of carbonyl (C=O) groups is 1. The van der Waals surface area contributed by atoms with Crippen LogP contribution in [0.15, 0.2) is 36.5 Å². The second-order valence-electron chi connectivity index (χ2n) is 5.74. The molecule has 1 amide bonds. The van der Waals surface area contributed by atoms with Gasteiger partial charge in [0, 0.05) is 17.9 Å². The molecule has 0 fully saturated rings. The Morgan fingerprint density at radius 3 is 2.52 bits per heavy atom. The summed E-state index contributed by atoms with van der Waals surface area (Å²) in [7, 11) is 0. The maximum absolute atomic E-state index is 12.1. The van der Waals surface area contributed by atoms with E-state index in [1.165, 1.54) is 0 Å². The Labute approximate surface area is 125 Å². The van der Waals surface area contributed by atoms with Crippen LogP contribution in [0, 0.1) is 5.92 Å². The summed E-state index contributed by atoms with van der Waals surface area (Å²) < 4.78 is 1.67. The van der Waals surface area contributed by atoms with Crippen molar-refractivity contribution < 1.29 is 4.79 Å². The maximum Gasteiger partial charge on any atom is 0.271 e. The van der Waals surface area contributed by atoms with Crippen LogP contribution in [-0.2, 0) is 0 Å². The molecule has 5 nitrogen and oxygen atoms in total. The number of hydrogen-bond acceptors (Lipinski definition) is 3. The molecule has 1 aromatic heterocycles. The lowest BCUT2D eigenvalue weighted by atomic mass is 10.1. The fourth-order valence-electron chi connectivity index (χ4n) is 2.28. The van der Waals surface area contributed by atoms with E-state index in [1.54, 1.807) is 16.9 Å². The van der Waals surface area contributed by atoms with Gasteiger partial charge < -0.3 is 11.1 Å². The molecule has 3 N–H and O–H groups in total. The minimum absolute atomic E-state index is 0.138. The number of nitrogens with two attached hydrogens (primary N) is 1. The van der Waals surface area contributed by atoms with Crippen molar-refractivity contribution in [2.24, 2.45) is 5.92 Å². The first-order valence-electron chi connectivity index (χ1n) is 7.18. The molecular formula is C16H22N4O. The Kier molecular flexibility index (Phi) is 4.62. The van der Waals surface area contributed by atoms with Crippen LogP contribution in [0.1, 0.15) is 37.7 Å². The number of nitrogens with zero attached hydrogens (tertiary/aromatic N) is 2. The number of hydrogen-bond donors (Lipinski definition) is 2. The van der Waals surface area contributed by atoms with Crippen molar-refractivity contribution in [1.82, 2.24) is 15.1 Å². The standard InChI is InChI=1S/C16H22N4O/c1-11(2)10-12(3)18-16(21)15-8-9-20(19-15)14-6-4-13(17)5-7-14/h4-9,11-12H,10,17H2,1-3H3,(H,18,21). The summed E-state index contributed by atoms with van der Waals surface area (Å²) >= 11 is 0. The smallest absolute Gasteiger partial charge is 0.271 e. The van der Waals surface area contributed by atoms with Crippen LogP contribution in [0.4, 0.5) is 5.69 Å². The molecular weight excluding hydrogens is 264 g/mol. The van der Waals surface area contributed by atoms with Crippen molar-refractivity contribution in [1.29, 1.82) is 0 Å². The summed E-state index contributed by atoms with van der Waals surface area (Å²) in [6, 6.07) is 9.20. The molecule has 1 heterocycles. The predicted octanol–water partition coefficient (Wildman–Crippen LogP) is 2.62. The molecule has 0 spiro atoms. The average Bonchev–Trinajstić information content (AvgIpc) is 2.88. The molecule has 21 heavy (non-hydrogen) atoms. The summed E-state index contributed by atoms with van der Waals surface area (Å²) in [5.41, 5.74) is 7.65. The Morgan fingerprint density at radius 1 is 1.24 bits per heavy atom. The van der Waals surface area contributed by atoms with E-state index >= 15 is 0 Å². The van der Waals surface area contributed by atoms with E-state index in [0.29, 0.717) is 17.3 Å². The van der Waals surface area contributed by atoms with Gasteiger partial charge in [0.25, 0.3) is 5.91 Å². The number of carbonyl (C=O) groups excluding carboxylic acids is 1. The van der Waals surface area contributed by atoms with Gasteiger partial charge in [-0.05, 0) is 49.6 Å². The molecule has 0 aliphatic rings. The fraction of sp³-hybridized carbons (Fsp3) is 0.375. The van der Waals surface area contributed by atoms with Crippen molar-refractivity contribution in [3.63, 3.8) is 0 Å². The first-order valence-corrected chi connectivity index (χ1v) is 7.18. The maximum atomic E-state index is 12.1. The molecule has 0 bridgehead atoms. The third-order valence-corrected chi connectivity index (χ3v) is 3.18. The molecule has 2 rings (SSSR count). The van der Waals surface area contributed by atoms with Gasteiger partial charge in [0.2, 0.25) is 0 Å². The van der Waals surface area contributed by atoms with Crippen LogP contribution in [0.5, 0.6) is 0 Å². The number of aromatic nitrogens is 2. The second-order valence-corrected chi connectivity index (χ2v) is 5.74. The monoisotopic (exact) mass is 286 g/mol. The van der Waals surface area contributed by atoms with Gasteiger partial charge in [-0.2, -0.15) is 5.10 Å². The van der Waals surface area contributed by atoms with Gasteiger partial charge in [-0.3, -0.25) is 4.79 Å². The van der Waals surface area contributed by atoms with Crippen molar-refractivity contribution in [3.05, 3.63) is 42.2 Å². The number of amides is 1. The average molecular weight is 286 g/mol. The van der Waals surface area contributed by atoms with Gasteiger partial charge in [-0.1, -0.05) is 13.8 Å². The van der Waals surface area contributed by atoms with E-state index < -0.39 is 0 Å². The molecule has 0 saturated carbocycles. The normalized spacial score (nSPS) is 12.4. The van der Waals surface area contributed by atoms with Crippen molar-refractivity contribution in [3.8, 4) is 5.69 Å². The zero-order valence-corrected chi connectivity index (χ0v) is 12.7. The highest BCUT2D eigenvalue weighted by Crippen LogP contribution is 2.11. The Balaban J connectivity index is 2.05. The van der Waals surface area contributed by atoms with Gasteiger partial charge in [-0.25, -0.2) is 4.68 Å². The van der Waals surface area contributed by atoms with E-state index in [0.717, 1.165) is 12.1 Å². The molecule has 1 atom stereocenters. The zero-order chi connectivity index (χ0) is 15.4. The summed E-state index contributed by atoms with van der Waals surface area (Å²) in [5, 5.41) is 7.27. The molecule has 5 heteroatoms. The van der Waals surface area contributed by atoms with Gasteiger partial charge in [-0.15, -0.1) is 0 Å². The molecule has 0 saturated heterocycles. The molecule has 112 valence electrons. The van der Waals surface area contributed by atoms with Gasteiger partial charge >= 0.3 is 0 Å². The fourth-order valence-corrected chi connectivity index (χ4v) is 2.28. The third kappa shape index (κ3) is 4.08. The van der Waals surface area contributed by atoms with Crippen LogP contribution in [0.2, 0.25) is 0 Å². The Bertz CT molecular complexity index is 601. The van der Waals surface area contributed by atoms with Crippen LogP contribution in [-0.4, -0.2) is 21.7 Å². The molecule has 2 aromatic rings. The van der Waals surface area contributed by atoms with Crippen LogP contribution >= 0.6 is 0 Å². The zero-order valence-electron chi connectivity index (χ0n) is 12.7. The summed E-state index contributed by atoms with van der Waals surface area (Å²) in [6.45, 7) is 6.28. The first-order chi connectivity index (χ1) is 9.95. The lowest BCUT2D eigenvalue weighted by Gasteiger charge is -2.14. The number of benzene rings is 1. The van der Waals surface area contributed by atoms with Crippen molar-refractivity contribution in [2.75, 3.05) is 5.73 Å². The SMILES string of the molecule is CC(C)CC(C)NC(=O)c1ccn(-c2ccc(N)cc2)n1. The number of nitrogens with one attached hydrogen (secondary N) is 1. The predicted molar refractivity (Wildman–Crippen MR) is 84.4 cm³/mol.